The van der Waals surface area contributed by atoms with E-state index in [1.165, 1.54) is 17.0 Å². The van der Waals surface area contributed by atoms with Crippen LogP contribution in [0.4, 0.5) is 13.2 Å². The van der Waals surface area contributed by atoms with Crippen LogP contribution in [0.15, 0.2) is 24.3 Å². The highest BCUT2D eigenvalue weighted by molar-refractivity contribution is 6.10. The maximum atomic E-state index is 13.3. The van der Waals surface area contributed by atoms with Crippen LogP contribution in [0.2, 0.25) is 0 Å². The molecule has 0 aliphatic carbocycles. The van der Waals surface area contributed by atoms with Crippen molar-refractivity contribution in [2.75, 3.05) is 26.2 Å². The van der Waals surface area contributed by atoms with Crippen molar-refractivity contribution in [1.82, 2.24) is 9.80 Å². The molecule has 0 bridgehead atoms. The molecule has 33 heavy (non-hydrogen) atoms. The largest absolute Gasteiger partial charge is 0.466 e. The molecule has 2 aliphatic heterocycles. The number of ether oxygens (including phenoxy) is 1. The number of imide groups is 1. The van der Waals surface area contributed by atoms with E-state index in [0.717, 1.165) is 17.0 Å². The molecule has 2 saturated heterocycles. The third-order valence-corrected chi connectivity index (χ3v) is 6.31. The number of piperidine rings is 1. The zero-order valence-electron chi connectivity index (χ0n) is 18.6. The highest BCUT2D eigenvalue weighted by atomic mass is 19.4. The number of halogens is 3. The highest BCUT2D eigenvalue weighted by Gasteiger charge is 2.54. The van der Waals surface area contributed by atoms with Gasteiger partial charge < -0.3 is 9.64 Å². The van der Waals surface area contributed by atoms with Gasteiger partial charge in [0, 0.05) is 32.5 Å². The van der Waals surface area contributed by atoms with Crippen LogP contribution in [-0.2, 0) is 35.5 Å². The molecule has 2 heterocycles. The van der Waals surface area contributed by atoms with Gasteiger partial charge in [-0.3, -0.25) is 24.1 Å². The van der Waals surface area contributed by atoms with Crippen LogP contribution >= 0.6 is 0 Å². The number of benzene rings is 1. The number of amides is 3. The van der Waals surface area contributed by atoms with Crippen LogP contribution in [-0.4, -0.2) is 59.7 Å². The number of likely N-dealkylation sites (N-methyl/N-ethyl adjacent to an activating group) is 1. The summed E-state index contributed by atoms with van der Waals surface area (Å²) < 4.78 is 45.1. The lowest BCUT2D eigenvalue weighted by molar-refractivity contribution is -0.152. The van der Waals surface area contributed by atoms with Gasteiger partial charge in [-0.2, -0.15) is 13.2 Å². The van der Waals surface area contributed by atoms with Gasteiger partial charge in [-0.15, -0.1) is 0 Å². The van der Waals surface area contributed by atoms with Crippen LogP contribution in [0.3, 0.4) is 0 Å². The number of hydrogen-bond acceptors (Lipinski definition) is 5. The van der Waals surface area contributed by atoms with Crippen molar-refractivity contribution < 1.29 is 37.1 Å². The monoisotopic (exact) mass is 468 g/mol. The molecule has 1 aromatic rings. The second kappa shape index (κ2) is 9.52. The standard InChI is InChI=1S/C23H27F3N2O5/c1-3-28-19(30)13-22(21(28)32,16-8-5-9-17(11-16)23(24,25)26)12-18(29)27-10-6-7-15(14-27)20(31)33-4-2/h5,8-9,11,15H,3-4,6-7,10,12-14H2,1-2H3/t15-,22-/m0/s1. The average Bonchev–Trinajstić information content (AvgIpc) is 3.03. The molecular weight excluding hydrogens is 441 g/mol. The van der Waals surface area contributed by atoms with Crippen LogP contribution in [0.5, 0.6) is 0 Å². The van der Waals surface area contributed by atoms with Crippen molar-refractivity contribution in [3.8, 4) is 0 Å². The summed E-state index contributed by atoms with van der Waals surface area (Å²) >= 11 is 0. The lowest BCUT2D eigenvalue weighted by Crippen LogP contribution is -2.47. The third-order valence-electron chi connectivity index (χ3n) is 6.31. The van der Waals surface area contributed by atoms with Crippen molar-refractivity contribution in [3.63, 3.8) is 0 Å². The first kappa shape index (κ1) is 24.7. The quantitative estimate of drug-likeness (QED) is 0.474. The van der Waals surface area contributed by atoms with Gasteiger partial charge in [0.05, 0.1) is 23.5 Å². The molecule has 2 fully saturated rings. The van der Waals surface area contributed by atoms with Crippen molar-refractivity contribution in [1.29, 1.82) is 0 Å². The van der Waals surface area contributed by atoms with Crippen LogP contribution in [0.1, 0.15) is 50.7 Å². The number of esters is 1. The van der Waals surface area contributed by atoms with E-state index in [0.29, 0.717) is 19.4 Å². The maximum absolute atomic E-state index is 13.3. The molecule has 2 atom stereocenters. The molecule has 10 heteroatoms. The first-order valence-corrected chi connectivity index (χ1v) is 11.0. The molecule has 0 N–H and O–H groups in total. The van der Waals surface area contributed by atoms with Crippen molar-refractivity contribution in [2.24, 2.45) is 5.92 Å². The molecular formula is C23H27F3N2O5. The molecule has 2 aliphatic rings. The molecule has 0 unspecified atom stereocenters. The van der Waals surface area contributed by atoms with E-state index in [9.17, 15) is 32.3 Å². The summed E-state index contributed by atoms with van der Waals surface area (Å²) in [6, 6.07) is 4.25. The Morgan fingerprint density at radius 1 is 1.21 bits per heavy atom. The Balaban J connectivity index is 1.94. The predicted molar refractivity (Wildman–Crippen MR) is 111 cm³/mol. The summed E-state index contributed by atoms with van der Waals surface area (Å²) in [6.45, 7) is 4.01. The van der Waals surface area contributed by atoms with Crippen LogP contribution < -0.4 is 0 Å². The predicted octanol–water partition coefficient (Wildman–Crippen LogP) is 2.91. The summed E-state index contributed by atoms with van der Waals surface area (Å²) in [5, 5.41) is 0. The number of carbonyl (C=O) groups excluding carboxylic acids is 4. The van der Waals surface area contributed by atoms with Gasteiger partial charge in [0.2, 0.25) is 17.7 Å². The Morgan fingerprint density at radius 3 is 2.55 bits per heavy atom. The number of rotatable bonds is 6. The normalized spacial score (nSPS) is 23.7. The number of alkyl halides is 3. The van der Waals surface area contributed by atoms with Crippen molar-refractivity contribution in [3.05, 3.63) is 35.4 Å². The molecule has 0 aromatic heterocycles. The Morgan fingerprint density at radius 2 is 1.94 bits per heavy atom. The van der Waals surface area contributed by atoms with Crippen molar-refractivity contribution >= 4 is 23.7 Å². The molecule has 180 valence electrons. The first-order chi connectivity index (χ1) is 15.5. The molecule has 3 rings (SSSR count). The van der Waals surface area contributed by atoms with Crippen molar-refractivity contribution in [2.45, 2.75) is 51.1 Å². The fourth-order valence-corrected chi connectivity index (χ4v) is 4.61. The Hall–Kier alpha value is -2.91. The molecule has 1 aromatic carbocycles. The van der Waals surface area contributed by atoms with E-state index >= 15 is 0 Å². The fourth-order valence-electron chi connectivity index (χ4n) is 4.61. The molecule has 0 saturated carbocycles. The second-order valence-electron chi connectivity index (χ2n) is 8.39. The molecule has 0 spiro atoms. The van der Waals surface area contributed by atoms with E-state index < -0.39 is 53.2 Å². The topological polar surface area (TPSA) is 84.0 Å². The van der Waals surface area contributed by atoms with E-state index in [4.69, 9.17) is 4.74 Å². The van der Waals surface area contributed by atoms with Gasteiger partial charge in [0.15, 0.2) is 0 Å². The summed E-state index contributed by atoms with van der Waals surface area (Å²) in [7, 11) is 0. The zero-order chi connectivity index (χ0) is 24.4. The lowest BCUT2D eigenvalue weighted by Gasteiger charge is -2.35. The fraction of sp³-hybridized carbons (Fsp3) is 0.565. The summed E-state index contributed by atoms with van der Waals surface area (Å²) in [5.41, 5.74) is -2.69. The highest BCUT2D eigenvalue weighted by Crippen LogP contribution is 2.42. The minimum Gasteiger partial charge on any atom is -0.466 e. The van der Waals surface area contributed by atoms with E-state index in [-0.39, 0.29) is 31.7 Å². The van der Waals surface area contributed by atoms with Gasteiger partial charge in [0.1, 0.15) is 0 Å². The molecule has 7 nitrogen and oxygen atoms in total. The number of carbonyl (C=O) groups is 4. The lowest BCUT2D eigenvalue weighted by atomic mass is 9.75. The first-order valence-electron chi connectivity index (χ1n) is 11.0. The summed E-state index contributed by atoms with van der Waals surface area (Å²) in [4.78, 5) is 53.6. The molecule has 3 amide bonds. The Labute approximate surface area is 189 Å². The van der Waals surface area contributed by atoms with Crippen LogP contribution in [0.25, 0.3) is 0 Å². The molecule has 0 radical (unpaired) electrons. The maximum Gasteiger partial charge on any atom is 0.416 e. The minimum absolute atomic E-state index is 0.0149. The van der Waals surface area contributed by atoms with Gasteiger partial charge >= 0.3 is 12.1 Å². The third kappa shape index (κ3) is 4.89. The van der Waals surface area contributed by atoms with E-state index in [2.05, 4.69) is 0 Å². The smallest absolute Gasteiger partial charge is 0.416 e. The van der Waals surface area contributed by atoms with Gasteiger partial charge in [-0.1, -0.05) is 18.2 Å². The average molecular weight is 468 g/mol. The van der Waals surface area contributed by atoms with E-state index in [1.807, 2.05) is 0 Å². The number of hydrogen-bond donors (Lipinski definition) is 0. The number of likely N-dealkylation sites (tertiary alicyclic amines) is 2. The Kier molecular flexibility index (Phi) is 7.14. The van der Waals surface area contributed by atoms with Gasteiger partial charge in [0.25, 0.3) is 0 Å². The number of nitrogens with zero attached hydrogens (tertiary/aromatic N) is 2. The van der Waals surface area contributed by atoms with Gasteiger partial charge in [-0.05, 0) is 38.3 Å². The van der Waals surface area contributed by atoms with Gasteiger partial charge in [-0.25, -0.2) is 0 Å². The summed E-state index contributed by atoms with van der Waals surface area (Å²) in [6.07, 6.45) is -4.37. The summed E-state index contributed by atoms with van der Waals surface area (Å²) in [5.74, 6) is -2.61. The second-order valence-corrected chi connectivity index (χ2v) is 8.39. The minimum atomic E-state index is -4.64. The zero-order valence-corrected chi connectivity index (χ0v) is 18.6. The SMILES string of the molecule is CCOC(=O)[C@H]1CCCN(C(=O)C[C@@]2(c3cccc(C(F)(F)F)c3)CC(=O)N(CC)C2=O)C1. The van der Waals surface area contributed by atoms with E-state index in [1.54, 1.807) is 13.8 Å². The Bertz CT molecular complexity index is 948. The van der Waals surface area contributed by atoms with Crippen LogP contribution in [0, 0.1) is 5.92 Å².